The van der Waals surface area contributed by atoms with Crippen LogP contribution in [0.25, 0.3) is 0 Å². The van der Waals surface area contributed by atoms with Crippen molar-refractivity contribution in [3.63, 3.8) is 0 Å². The lowest BCUT2D eigenvalue weighted by molar-refractivity contribution is 0.0922. The van der Waals surface area contributed by atoms with Crippen LogP contribution < -0.4 is 10.6 Å². The number of rotatable bonds is 4. The van der Waals surface area contributed by atoms with E-state index in [1.54, 1.807) is 0 Å². The Bertz CT molecular complexity index is 813. The molecule has 4 nitrogen and oxygen atoms in total. The molecule has 2 aliphatic rings. The fourth-order valence-corrected chi connectivity index (χ4v) is 4.16. The van der Waals surface area contributed by atoms with Gasteiger partial charge >= 0.3 is 0 Å². The Balaban J connectivity index is 1.60. The lowest BCUT2D eigenvalue weighted by Crippen LogP contribution is -2.37. The third kappa shape index (κ3) is 4.35. The average Bonchev–Trinajstić information content (AvgIpc) is 2.70. The molecule has 4 rings (SSSR count). The zero-order valence-electron chi connectivity index (χ0n) is 15.6. The van der Waals surface area contributed by atoms with E-state index in [1.165, 1.54) is 37.0 Å². The van der Waals surface area contributed by atoms with Crippen molar-refractivity contribution in [3.05, 3.63) is 64.2 Å². The van der Waals surface area contributed by atoms with Crippen LogP contribution in [0.4, 0.5) is 4.39 Å². The number of amides is 1. The molecule has 0 spiro atoms. The molecule has 2 heterocycles. The van der Waals surface area contributed by atoms with Crippen LogP contribution in [0.1, 0.15) is 65.0 Å². The number of benzene rings is 1. The van der Waals surface area contributed by atoms with E-state index in [1.807, 2.05) is 18.2 Å². The summed E-state index contributed by atoms with van der Waals surface area (Å²) in [4.78, 5) is 17.5. The van der Waals surface area contributed by atoms with Crippen molar-refractivity contribution in [2.75, 3.05) is 6.54 Å². The van der Waals surface area contributed by atoms with E-state index >= 15 is 0 Å². The van der Waals surface area contributed by atoms with Crippen LogP contribution in [0.5, 0.6) is 0 Å². The van der Waals surface area contributed by atoms with Gasteiger partial charge in [0, 0.05) is 12.6 Å². The molecule has 0 saturated heterocycles. The van der Waals surface area contributed by atoms with Crippen LogP contribution in [0.3, 0.4) is 0 Å². The van der Waals surface area contributed by atoms with E-state index in [0.29, 0.717) is 18.7 Å². The maximum Gasteiger partial charge on any atom is 0.270 e. The molecule has 27 heavy (non-hydrogen) atoms. The van der Waals surface area contributed by atoms with Gasteiger partial charge in [0.1, 0.15) is 11.5 Å². The minimum atomic E-state index is -0.229. The van der Waals surface area contributed by atoms with Crippen molar-refractivity contribution < 1.29 is 9.18 Å². The van der Waals surface area contributed by atoms with E-state index in [9.17, 15) is 9.18 Å². The summed E-state index contributed by atoms with van der Waals surface area (Å²) in [6, 6.07) is 8.80. The SMILES string of the molecule is O=C(NC1CCCCC1)c1cc(Cc2ccc(F)cc2)c2c(n1)CNCC2. The molecule has 1 aromatic heterocycles. The topological polar surface area (TPSA) is 54.0 Å². The van der Waals surface area contributed by atoms with E-state index in [4.69, 9.17) is 0 Å². The summed E-state index contributed by atoms with van der Waals surface area (Å²) in [5, 5.41) is 6.51. The molecule has 0 radical (unpaired) electrons. The van der Waals surface area contributed by atoms with Crippen LogP contribution in [0, 0.1) is 5.82 Å². The predicted octanol–water partition coefficient (Wildman–Crippen LogP) is 3.52. The summed E-state index contributed by atoms with van der Waals surface area (Å²) in [7, 11) is 0. The standard InChI is InChI=1S/C22H26FN3O/c23-17-8-6-15(7-9-17)12-16-13-20(26-21-14-24-11-10-19(16)21)22(27)25-18-4-2-1-3-5-18/h6-9,13,18,24H,1-5,10-12,14H2,(H,25,27). The number of fused-ring (bicyclic) bond motifs is 1. The van der Waals surface area contributed by atoms with Crippen molar-refractivity contribution in [2.24, 2.45) is 0 Å². The summed E-state index contributed by atoms with van der Waals surface area (Å²) in [6.45, 7) is 1.61. The molecular weight excluding hydrogens is 341 g/mol. The van der Waals surface area contributed by atoms with Gasteiger partial charge in [0.15, 0.2) is 0 Å². The highest BCUT2D eigenvalue weighted by Crippen LogP contribution is 2.23. The number of nitrogens with zero attached hydrogens (tertiary/aromatic N) is 1. The van der Waals surface area contributed by atoms with Gasteiger partial charge in [-0.25, -0.2) is 9.37 Å². The quantitative estimate of drug-likeness (QED) is 0.869. The largest absolute Gasteiger partial charge is 0.348 e. The monoisotopic (exact) mass is 367 g/mol. The Morgan fingerprint density at radius 3 is 2.74 bits per heavy atom. The highest BCUT2D eigenvalue weighted by Gasteiger charge is 2.21. The smallest absolute Gasteiger partial charge is 0.270 e. The van der Waals surface area contributed by atoms with Crippen molar-refractivity contribution in [1.29, 1.82) is 0 Å². The van der Waals surface area contributed by atoms with E-state index in [2.05, 4.69) is 15.6 Å². The average molecular weight is 367 g/mol. The van der Waals surface area contributed by atoms with Crippen LogP contribution in [0.2, 0.25) is 0 Å². The molecule has 142 valence electrons. The Labute approximate surface area is 159 Å². The van der Waals surface area contributed by atoms with E-state index in [-0.39, 0.29) is 17.8 Å². The molecule has 1 aliphatic heterocycles. The molecule has 0 unspecified atom stereocenters. The molecule has 1 aliphatic carbocycles. The predicted molar refractivity (Wildman–Crippen MR) is 103 cm³/mol. The second-order valence-electron chi connectivity index (χ2n) is 7.63. The first kappa shape index (κ1) is 18.1. The highest BCUT2D eigenvalue weighted by molar-refractivity contribution is 5.92. The summed E-state index contributed by atoms with van der Waals surface area (Å²) in [6.07, 6.45) is 7.33. The zero-order valence-corrected chi connectivity index (χ0v) is 15.6. The fourth-order valence-electron chi connectivity index (χ4n) is 4.16. The van der Waals surface area contributed by atoms with Crippen molar-refractivity contribution in [1.82, 2.24) is 15.6 Å². The van der Waals surface area contributed by atoms with Crippen molar-refractivity contribution in [2.45, 2.75) is 57.5 Å². The molecule has 2 N–H and O–H groups in total. The van der Waals surface area contributed by atoms with Gasteiger partial charge in [0.2, 0.25) is 0 Å². The first-order chi connectivity index (χ1) is 13.2. The maximum absolute atomic E-state index is 13.2. The molecule has 1 aromatic carbocycles. The summed E-state index contributed by atoms with van der Waals surface area (Å²) >= 11 is 0. The third-order valence-electron chi connectivity index (χ3n) is 5.63. The number of hydrogen-bond donors (Lipinski definition) is 2. The Hall–Kier alpha value is -2.27. The van der Waals surface area contributed by atoms with Crippen LogP contribution in [-0.2, 0) is 19.4 Å². The number of halogens is 1. The highest BCUT2D eigenvalue weighted by atomic mass is 19.1. The summed E-state index contributed by atoms with van der Waals surface area (Å²) in [5.74, 6) is -0.303. The van der Waals surface area contributed by atoms with E-state index in [0.717, 1.165) is 42.6 Å². The second kappa shape index (κ2) is 8.17. The molecule has 1 amide bonds. The molecular formula is C22H26FN3O. The lowest BCUT2D eigenvalue weighted by Gasteiger charge is -2.24. The summed E-state index contributed by atoms with van der Waals surface area (Å²) in [5.41, 5.74) is 4.87. The van der Waals surface area contributed by atoms with Gasteiger partial charge in [-0.3, -0.25) is 4.79 Å². The Morgan fingerprint density at radius 2 is 1.96 bits per heavy atom. The van der Waals surface area contributed by atoms with Gasteiger partial charge in [-0.15, -0.1) is 0 Å². The number of carbonyl (C=O) groups is 1. The Kier molecular flexibility index (Phi) is 5.48. The molecule has 0 bridgehead atoms. The minimum absolute atomic E-state index is 0.0735. The zero-order chi connectivity index (χ0) is 18.6. The van der Waals surface area contributed by atoms with Gasteiger partial charge in [-0.2, -0.15) is 0 Å². The third-order valence-corrected chi connectivity index (χ3v) is 5.63. The van der Waals surface area contributed by atoms with Crippen LogP contribution >= 0.6 is 0 Å². The number of carbonyl (C=O) groups excluding carboxylic acids is 1. The van der Waals surface area contributed by atoms with Crippen molar-refractivity contribution in [3.8, 4) is 0 Å². The second-order valence-corrected chi connectivity index (χ2v) is 7.63. The number of nitrogens with one attached hydrogen (secondary N) is 2. The number of hydrogen-bond acceptors (Lipinski definition) is 3. The molecule has 5 heteroatoms. The molecule has 0 atom stereocenters. The molecule has 2 aromatic rings. The van der Waals surface area contributed by atoms with Crippen LogP contribution in [0.15, 0.2) is 30.3 Å². The summed E-state index contributed by atoms with van der Waals surface area (Å²) < 4.78 is 13.2. The molecule has 1 fully saturated rings. The first-order valence-corrected chi connectivity index (χ1v) is 9.97. The van der Waals surface area contributed by atoms with Gasteiger partial charge in [0.25, 0.3) is 5.91 Å². The lowest BCUT2D eigenvalue weighted by atomic mass is 9.93. The normalized spacial score (nSPS) is 17.4. The number of pyridine rings is 1. The van der Waals surface area contributed by atoms with Gasteiger partial charge < -0.3 is 10.6 Å². The Morgan fingerprint density at radius 1 is 1.19 bits per heavy atom. The fraction of sp³-hybridized carbons (Fsp3) is 0.455. The maximum atomic E-state index is 13.2. The van der Waals surface area contributed by atoms with Gasteiger partial charge in [-0.1, -0.05) is 31.4 Å². The first-order valence-electron chi connectivity index (χ1n) is 9.97. The van der Waals surface area contributed by atoms with Crippen LogP contribution in [-0.4, -0.2) is 23.5 Å². The van der Waals surface area contributed by atoms with Gasteiger partial charge in [-0.05, 0) is 67.1 Å². The minimum Gasteiger partial charge on any atom is -0.348 e. The number of aromatic nitrogens is 1. The van der Waals surface area contributed by atoms with Crippen molar-refractivity contribution >= 4 is 5.91 Å². The van der Waals surface area contributed by atoms with E-state index < -0.39 is 0 Å². The van der Waals surface area contributed by atoms with Gasteiger partial charge in [0.05, 0.1) is 5.69 Å². The molecule has 1 saturated carbocycles.